The second-order valence-corrected chi connectivity index (χ2v) is 13.6. The Hall–Kier alpha value is -4.12. The fourth-order valence-corrected chi connectivity index (χ4v) is 6.96. The van der Waals surface area contributed by atoms with Gasteiger partial charge in [-0.3, -0.25) is 0 Å². The van der Waals surface area contributed by atoms with Gasteiger partial charge in [-0.25, -0.2) is 0 Å². The fourth-order valence-electron chi connectivity index (χ4n) is 6.96. The molecule has 5 heteroatoms. The second kappa shape index (κ2) is 11.5. The Labute approximate surface area is 255 Å². The Kier molecular flexibility index (Phi) is 8.13. The van der Waals surface area contributed by atoms with E-state index in [0.717, 1.165) is 59.1 Å². The maximum Gasteiger partial charge on any atom is 0.138 e. The monoisotopic (exact) mass is 579 g/mol. The van der Waals surface area contributed by atoms with E-state index in [1.165, 1.54) is 11.1 Å². The molecule has 0 atom stereocenters. The summed E-state index contributed by atoms with van der Waals surface area (Å²) in [5, 5.41) is 41.3. The molecule has 0 amide bonds. The molecule has 5 rings (SSSR count). The summed E-state index contributed by atoms with van der Waals surface area (Å²) in [4.78, 5) is 0. The van der Waals surface area contributed by atoms with E-state index in [4.69, 9.17) is 5.73 Å². The number of phenols is 4. The van der Waals surface area contributed by atoms with Crippen LogP contribution >= 0.6 is 0 Å². The third-order valence-electron chi connectivity index (χ3n) is 10.1. The Bertz CT molecular complexity index is 1630. The maximum absolute atomic E-state index is 10.9. The lowest BCUT2D eigenvalue weighted by Gasteiger charge is -2.44. The molecule has 0 spiro atoms. The molecule has 1 saturated carbocycles. The van der Waals surface area contributed by atoms with Crippen LogP contribution < -0.4 is 5.73 Å². The molecule has 4 aromatic carbocycles. The number of aromatic hydroxyl groups is 4. The van der Waals surface area contributed by atoms with Crippen molar-refractivity contribution >= 4 is 5.69 Å². The molecular formula is C38H45NO4. The minimum atomic E-state index is -0.0859. The second-order valence-electron chi connectivity index (χ2n) is 13.6. The number of hydrogen-bond donors (Lipinski definition) is 5. The van der Waals surface area contributed by atoms with Gasteiger partial charge in [-0.05, 0) is 125 Å². The van der Waals surface area contributed by atoms with E-state index >= 15 is 0 Å². The SMILES string of the molecule is Cc1cc(C2(C)CCC(C(C)(C)c3cc(C)c(O)c(Cc4ccc(O)c(N)c4)c3)CC2)cc(Cc2ccc(O)cc2)c1O. The molecule has 0 unspecified atom stereocenters. The van der Waals surface area contributed by atoms with Gasteiger partial charge in [0.15, 0.2) is 0 Å². The summed E-state index contributed by atoms with van der Waals surface area (Å²) in [6.45, 7) is 11.0. The molecular weight excluding hydrogens is 534 g/mol. The van der Waals surface area contributed by atoms with Gasteiger partial charge in [0, 0.05) is 12.8 Å². The van der Waals surface area contributed by atoms with Crippen LogP contribution in [0, 0.1) is 19.8 Å². The van der Waals surface area contributed by atoms with Crippen LogP contribution in [0.25, 0.3) is 0 Å². The molecule has 0 bridgehead atoms. The van der Waals surface area contributed by atoms with Crippen molar-refractivity contribution in [3.05, 3.63) is 111 Å². The fraction of sp³-hybridized carbons (Fsp3) is 0.368. The molecule has 1 fully saturated rings. The molecule has 226 valence electrons. The zero-order chi connectivity index (χ0) is 31.1. The standard InChI is InChI=1S/C38H45NO4/c1-23-16-30(21-28(35(23)42)19-26-8-11-34(41)33(39)20-26)37(3,4)29-12-14-38(5,15-13-29)31-17-24(2)36(43)27(22-31)18-25-6-9-32(40)10-7-25/h6-11,16-17,20-22,29,40-43H,12-15,18-19,39H2,1-5H3. The Morgan fingerprint density at radius 3 is 1.93 bits per heavy atom. The van der Waals surface area contributed by atoms with Gasteiger partial charge in [-0.15, -0.1) is 0 Å². The number of nitrogen functional groups attached to an aromatic ring is 1. The van der Waals surface area contributed by atoms with Crippen molar-refractivity contribution in [3.8, 4) is 23.0 Å². The number of anilines is 1. The van der Waals surface area contributed by atoms with Gasteiger partial charge in [0.05, 0.1) is 5.69 Å². The summed E-state index contributed by atoms with van der Waals surface area (Å²) in [7, 11) is 0. The average molecular weight is 580 g/mol. The lowest BCUT2D eigenvalue weighted by Crippen LogP contribution is -2.37. The molecule has 1 aliphatic rings. The van der Waals surface area contributed by atoms with Gasteiger partial charge in [0.1, 0.15) is 23.0 Å². The van der Waals surface area contributed by atoms with Crippen molar-refractivity contribution in [2.45, 2.75) is 84.0 Å². The molecule has 0 heterocycles. The molecule has 0 radical (unpaired) electrons. The first-order valence-electron chi connectivity index (χ1n) is 15.3. The highest BCUT2D eigenvalue weighted by Crippen LogP contribution is 2.49. The van der Waals surface area contributed by atoms with E-state index in [1.807, 2.05) is 32.0 Å². The first kappa shape index (κ1) is 30.3. The third-order valence-corrected chi connectivity index (χ3v) is 10.1. The van der Waals surface area contributed by atoms with Crippen molar-refractivity contribution in [1.82, 2.24) is 0 Å². The summed E-state index contributed by atoms with van der Waals surface area (Å²) in [6, 6.07) is 21.0. The van der Waals surface area contributed by atoms with E-state index in [2.05, 4.69) is 45.0 Å². The lowest BCUT2D eigenvalue weighted by atomic mass is 9.60. The van der Waals surface area contributed by atoms with E-state index in [0.29, 0.717) is 35.9 Å². The van der Waals surface area contributed by atoms with Crippen LogP contribution in [-0.4, -0.2) is 20.4 Å². The van der Waals surface area contributed by atoms with Gasteiger partial charge >= 0.3 is 0 Å². The number of nitrogens with two attached hydrogens (primary N) is 1. The Balaban J connectivity index is 1.35. The van der Waals surface area contributed by atoms with Gasteiger partial charge in [0.2, 0.25) is 0 Å². The maximum atomic E-state index is 10.9. The zero-order valence-corrected chi connectivity index (χ0v) is 26.0. The minimum Gasteiger partial charge on any atom is -0.508 e. The highest BCUT2D eigenvalue weighted by atomic mass is 16.3. The highest BCUT2D eigenvalue weighted by Gasteiger charge is 2.40. The molecule has 5 nitrogen and oxygen atoms in total. The normalized spacial score (nSPS) is 19.0. The van der Waals surface area contributed by atoms with E-state index < -0.39 is 0 Å². The van der Waals surface area contributed by atoms with Gasteiger partial charge < -0.3 is 26.2 Å². The molecule has 4 aromatic rings. The van der Waals surface area contributed by atoms with E-state index in [1.54, 1.807) is 24.3 Å². The molecule has 0 aromatic heterocycles. The van der Waals surface area contributed by atoms with Crippen LogP contribution in [0.1, 0.15) is 91.0 Å². The first-order valence-corrected chi connectivity index (χ1v) is 15.3. The molecule has 1 aliphatic carbocycles. The zero-order valence-electron chi connectivity index (χ0n) is 26.0. The molecule has 0 saturated heterocycles. The summed E-state index contributed by atoms with van der Waals surface area (Å²) < 4.78 is 0. The van der Waals surface area contributed by atoms with E-state index in [9.17, 15) is 20.4 Å². The number of aryl methyl sites for hydroxylation is 2. The van der Waals surface area contributed by atoms with Crippen LogP contribution in [0.3, 0.4) is 0 Å². The van der Waals surface area contributed by atoms with Crippen molar-refractivity contribution < 1.29 is 20.4 Å². The third kappa shape index (κ3) is 6.17. The smallest absolute Gasteiger partial charge is 0.138 e. The summed E-state index contributed by atoms with van der Waals surface area (Å²) in [5.41, 5.74) is 14.3. The summed E-state index contributed by atoms with van der Waals surface area (Å²) in [5.74, 6) is 1.46. The van der Waals surface area contributed by atoms with Crippen molar-refractivity contribution in [2.75, 3.05) is 5.73 Å². The largest absolute Gasteiger partial charge is 0.508 e. The quantitative estimate of drug-likeness (QED) is 0.112. The summed E-state index contributed by atoms with van der Waals surface area (Å²) >= 11 is 0. The van der Waals surface area contributed by atoms with Crippen LogP contribution in [0.4, 0.5) is 5.69 Å². The average Bonchev–Trinajstić information content (AvgIpc) is 2.96. The van der Waals surface area contributed by atoms with Crippen molar-refractivity contribution in [3.63, 3.8) is 0 Å². The van der Waals surface area contributed by atoms with E-state index in [-0.39, 0.29) is 22.3 Å². The predicted octanol–water partition coefficient (Wildman–Crippen LogP) is 8.32. The number of rotatable bonds is 7. The minimum absolute atomic E-state index is 0.0174. The topological polar surface area (TPSA) is 107 Å². The molecule has 6 N–H and O–H groups in total. The first-order chi connectivity index (χ1) is 20.3. The van der Waals surface area contributed by atoms with Gasteiger partial charge in [-0.2, -0.15) is 0 Å². The Morgan fingerprint density at radius 2 is 1.30 bits per heavy atom. The van der Waals surface area contributed by atoms with Gasteiger partial charge in [0.25, 0.3) is 0 Å². The van der Waals surface area contributed by atoms with Crippen LogP contribution in [0.2, 0.25) is 0 Å². The Morgan fingerprint density at radius 1 is 0.744 bits per heavy atom. The highest BCUT2D eigenvalue weighted by molar-refractivity contribution is 5.55. The van der Waals surface area contributed by atoms with Crippen LogP contribution in [0.15, 0.2) is 66.7 Å². The van der Waals surface area contributed by atoms with Gasteiger partial charge in [-0.1, -0.05) is 63.2 Å². The molecule has 43 heavy (non-hydrogen) atoms. The summed E-state index contributed by atoms with van der Waals surface area (Å²) in [6.07, 6.45) is 5.44. The number of phenolic OH excluding ortho intramolecular Hbond substituents is 4. The number of benzene rings is 4. The van der Waals surface area contributed by atoms with Crippen LogP contribution in [-0.2, 0) is 23.7 Å². The van der Waals surface area contributed by atoms with Crippen LogP contribution in [0.5, 0.6) is 23.0 Å². The number of hydrogen-bond acceptors (Lipinski definition) is 5. The molecule has 0 aliphatic heterocycles. The van der Waals surface area contributed by atoms with Crippen molar-refractivity contribution in [2.24, 2.45) is 5.92 Å². The predicted molar refractivity (Wildman–Crippen MR) is 174 cm³/mol. The lowest BCUT2D eigenvalue weighted by molar-refractivity contribution is 0.178. The van der Waals surface area contributed by atoms with Crippen molar-refractivity contribution in [1.29, 1.82) is 0 Å².